The number of unbranched alkanes of at least 4 members (excludes halogenated alkanes) is 3. The molecule has 1 atom stereocenters. The van der Waals surface area contributed by atoms with E-state index >= 15 is 0 Å². The maximum atomic E-state index is 12.8. The van der Waals surface area contributed by atoms with Gasteiger partial charge in [-0.25, -0.2) is 0 Å². The van der Waals surface area contributed by atoms with Crippen LogP contribution in [0.3, 0.4) is 0 Å². The van der Waals surface area contributed by atoms with E-state index in [1.54, 1.807) is 18.2 Å². The lowest BCUT2D eigenvalue weighted by Crippen LogP contribution is -2.54. The van der Waals surface area contributed by atoms with Crippen LogP contribution < -0.4 is 10.1 Å². The third kappa shape index (κ3) is 5.05. The Labute approximate surface area is 175 Å². The van der Waals surface area contributed by atoms with Gasteiger partial charge in [0.25, 0.3) is 11.8 Å². The number of nitrogens with zero attached hydrogens (tertiary/aromatic N) is 1. The first-order valence-corrected chi connectivity index (χ1v) is 10.6. The molecule has 1 N–H and O–H groups in total. The first-order valence-electron chi connectivity index (χ1n) is 10.6. The molecule has 4 amide bonds. The second-order valence-electron chi connectivity index (χ2n) is 7.53. The zero-order valence-corrected chi connectivity index (χ0v) is 17.3. The highest BCUT2D eigenvalue weighted by Crippen LogP contribution is 2.30. The molecule has 0 aliphatic carbocycles. The van der Waals surface area contributed by atoms with Gasteiger partial charge in [-0.05, 0) is 43.9 Å². The predicted molar refractivity (Wildman–Crippen MR) is 108 cm³/mol. The molecule has 1 unspecified atom stereocenters. The minimum Gasteiger partial charge on any atom is -0.494 e. The number of ether oxygens (including phenoxy) is 2. The van der Waals surface area contributed by atoms with Crippen LogP contribution in [0.1, 0.15) is 72.6 Å². The molecule has 162 valence electrons. The summed E-state index contributed by atoms with van der Waals surface area (Å²) in [7, 11) is 0. The summed E-state index contributed by atoms with van der Waals surface area (Å²) in [5.41, 5.74) is 0.471. The first-order chi connectivity index (χ1) is 14.5. The second kappa shape index (κ2) is 10.3. The number of nitrogens with one attached hydrogen (secondary N) is 1. The molecule has 1 aromatic rings. The van der Waals surface area contributed by atoms with Crippen molar-refractivity contribution in [2.75, 3.05) is 19.8 Å². The van der Waals surface area contributed by atoms with Crippen LogP contribution in [0, 0.1) is 0 Å². The number of benzene rings is 1. The fourth-order valence-electron chi connectivity index (χ4n) is 3.59. The molecule has 8 nitrogen and oxygen atoms in total. The molecule has 2 heterocycles. The molecule has 0 saturated carbocycles. The van der Waals surface area contributed by atoms with Crippen LogP contribution in [0.25, 0.3) is 0 Å². The van der Waals surface area contributed by atoms with Gasteiger partial charge in [0.1, 0.15) is 11.8 Å². The van der Waals surface area contributed by atoms with Crippen molar-refractivity contribution in [1.29, 1.82) is 0 Å². The largest absolute Gasteiger partial charge is 0.494 e. The van der Waals surface area contributed by atoms with Crippen molar-refractivity contribution in [3.63, 3.8) is 0 Å². The summed E-state index contributed by atoms with van der Waals surface area (Å²) in [6.07, 6.45) is 5.39. The summed E-state index contributed by atoms with van der Waals surface area (Å²) in [6.45, 7) is 4.13. The molecule has 0 bridgehead atoms. The van der Waals surface area contributed by atoms with Gasteiger partial charge >= 0.3 is 0 Å². The summed E-state index contributed by atoms with van der Waals surface area (Å²) in [5.74, 6) is -1.56. The van der Waals surface area contributed by atoms with Crippen molar-refractivity contribution in [1.82, 2.24) is 10.2 Å². The highest BCUT2D eigenvalue weighted by atomic mass is 16.5. The zero-order valence-electron chi connectivity index (χ0n) is 17.3. The van der Waals surface area contributed by atoms with Gasteiger partial charge in [0.15, 0.2) is 0 Å². The molecular formula is C22H28N2O6. The third-order valence-electron chi connectivity index (χ3n) is 5.26. The number of carbonyl (C=O) groups is 4. The minimum atomic E-state index is -0.961. The Balaban J connectivity index is 1.50. The van der Waals surface area contributed by atoms with E-state index in [1.165, 1.54) is 12.8 Å². The van der Waals surface area contributed by atoms with Crippen molar-refractivity contribution in [2.24, 2.45) is 0 Å². The van der Waals surface area contributed by atoms with Crippen molar-refractivity contribution in [3.8, 4) is 5.75 Å². The SMILES string of the molecule is CCCCCOCCCCOc1ccc2c(c1)C(=O)N(C1CCC(=O)NC1=O)C2=O. The average molecular weight is 416 g/mol. The predicted octanol–water partition coefficient (Wildman–Crippen LogP) is 2.45. The van der Waals surface area contributed by atoms with E-state index in [4.69, 9.17) is 9.47 Å². The quantitative estimate of drug-likeness (QED) is 0.439. The Hall–Kier alpha value is -2.74. The standard InChI is InChI=1S/C22H28N2O6/c1-2-3-4-11-29-12-5-6-13-30-15-7-8-16-17(14-15)22(28)24(21(16)27)18-9-10-19(25)23-20(18)26/h7-8,14,18H,2-6,9-13H2,1H3,(H,23,25,26). The van der Waals surface area contributed by atoms with E-state index in [9.17, 15) is 19.2 Å². The Bertz CT molecular complexity index is 822. The van der Waals surface area contributed by atoms with E-state index in [0.717, 1.165) is 30.8 Å². The van der Waals surface area contributed by atoms with E-state index in [-0.39, 0.29) is 24.0 Å². The van der Waals surface area contributed by atoms with Crippen LogP contribution in [0.2, 0.25) is 0 Å². The molecule has 0 spiro atoms. The monoisotopic (exact) mass is 416 g/mol. The Morgan fingerprint density at radius 3 is 2.40 bits per heavy atom. The topological polar surface area (TPSA) is 102 Å². The molecule has 3 rings (SSSR count). The number of fused-ring (bicyclic) bond motifs is 1. The van der Waals surface area contributed by atoms with Crippen LogP contribution >= 0.6 is 0 Å². The first kappa shape index (κ1) is 22.0. The summed E-state index contributed by atoms with van der Waals surface area (Å²) in [4.78, 5) is 49.8. The molecule has 0 aromatic heterocycles. The number of carbonyl (C=O) groups excluding carboxylic acids is 4. The highest BCUT2D eigenvalue weighted by molar-refractivity contribution is 6.23. The lowest BCUT2D eigenvalue weighted by Gasteiger charge is -2.27. The lowest BCUT2D eigenvalue weighted by atomic mass is 10.0. The van der Waals surface area contributed by atoms with Gasteiger partial charge in [-0.2, -0.15) is 0 Å². The van der Waals surface area contributed by atoms with Gasteiger partial charge < -0.3 is 9.47 Å². The van der Waals surface area contributed by atoms with E-state index in [2.05, 4.69) is 12.2 Å². The van der Waals surface area contributed by atoms with Crippen LogP contribution in [0.4, 0.5) is 0 Å². The average Bonchev–Trinajstić information content (AvgIpc) is 2.97. The molecule has 1 saturated heterocycles. The Morgan fingerprint density at radius 1 is 0.967 bits per heavy atom. The van der Waals surface area contributed by atoms with Gasteiger partial charge in [-0.15, -0.1) is 0 Å². The second-order valence-corrected chi connectivity index (χ2v) is 7.53. The van der Waals surface area contributed by atoms with Crippen LogP contribution in [-0.4, -0.2) is 54.4 Å². The van der Waals surface area contributed by atoms with Gasteiger partial charge in [0.2, 0.25) is 11.8 Å². The Kier molecular flexibility index (Phi) is 7.57. The third-order valence-corrected chi connectivity index (χ3v) is 5.26. The summed E-state index contributed by atoms with van der Waals surface area (Å²) >= 11 is 0. The normalized spacial score (nSPS) is 18.6. The molecule has 2 aliphatic heterocycles. The number of hydrogen-bond acceptors (Lipinski definition) is 6. The van der Waals surface area contributed by atoms with Gasteiger partial charge in [-0.3, -0.25) is 29.4 Å². The molecular weight excluding hydrogens is 388 g/mol. The van der Waals surface area contributed by atoms with Crippen molar-refractivity contribution >= 4 is 23.6 Å². The molecule has 8 heteroatoms. The smallest absolute Gasteiger partial charge is 0.262 e. The highest BCUT2D eigenvalue weighted by Gasteiger charge is 2.44. The molecule has 30 heavy (non-hydrogen) atoms. The Morgan fingerprint density at radius 2 is 1.67 bits per heavy atom. The number of imide groups is 2. The zero-order chi connectivity index (χ0) is 21.5. The van der Waals surface area contributed by atoms with Gasteiger partial charge in [0.05, 0.1) is 17.7 Å². The van der Waals surface area contributed by atoms with E-state index < -0.39 is 29.7 Å². The van der Waals surface area contributed by atoms with Crippen LogP contribution in [0.5, 0.6) is 5.75 Å². The van der Waals surface area contributed by atoms with E-state index in [0.29, 0.717) is 19.0 Å². The molecule has 2 aliphatic rings. The fourth-order valence-corrected chi connectivity index (χ4v) is 3.59. The number of amides is 4. The van der Waals surface area contributed by atoms with Crippen molar-refractivity contribution < 1.29 is 28.7 Å². The summed E-state index contributed by atoms with van der Waals surface area (Å²) < 4.78 is 11.3. The lowest BCUT2D eigenvalue weighted by molar-refractivity contribution is -0.136. The van der Waals surface area contributed by atoms with Gasteiger partial charge in [-0.1, -0.05) is 19.8 Å². The number of piperidine rings is 1. The van der Waals surface area contributed by atoms with Crippen LogP contribution in [0.15, 0.2) is 18.2 Å². The fraction of sp³-hybridized carbons (Fsp3) is 0.545. The number of rotatable bonds is 11. The van der Waals surface area contributed by atoms with Crippen molar-refractivity contribution in [2.45, 2.75) is 57.9 Å². The summed E-state index contributed by atoms with van der Waals surface area (Å²) in [6, 6.07) is 3.78. The maximum Gasteiger partial charge on any atom is 0.262 e. The minimum absolute atomic E-state index is 0.0977. The van der Waals surface area contributed by atoms with E-state index in [1.807, 2.05) is 0 Å². The summed E-state index contributed by atoms with van der Waals surface area (Å²) in [5, 5.41) is 2.19. The maximum absolute atomic E-state index is 12.8. The number of hydrogen-bond donors (Lipinski definition) is 1. The molecule has 1 fully saturated rings. The van der Waals surface area contributed by atoms with Crippen LogP contribution in [-0.2, 0) is 14.3 Å². The molecule has 1 aromatic carbocycles. The van der Waals surface area contributed by atoms with Gasteiger partial charge in [0, 0.05) is 19.6 Å². The molecule has 0 radical (unpaired) electrons. The van der Waals surface area contributed by atoms with Crippen molar-refractivity contribution in [3.05, 3.63) is 29.3 Å².